The van der Waals surface area contributed by atoms with Gasteiger partial charge in [0, 0.05) is 42.5 Å². The maximum atomic E-state index is 14.7. The van der Waals surface area contributed by atoms with Crippen molar-refractivity contribution >= 4 is 11.7 Å². The first kappa shape index (κ1) is 19.0. The molecule has 1 amide bonds. The van der Waals surface area contributed by atoms with Crippen LogP contribution in [0.1, 0.15) is 33.6 Å². The first-order chi connectivity index (χ1) is 14.1. The number of amides is 1. The van der Waals surface area contributed by atoms with E-state index in [4.69, 9.17) is 0 Å². The van der Waals surface area contributed by atoms with Gasteiger partial charge in [0.1, 0.15) is 5.82 Å². The second kappa shape index (κ2) is 8.35. The monoisotopic (exact) mass is 388 g/mol. The summed E-state index contributed by atoms with van der Waals surface area (Å²) >= 11 is 0. The molecular formula is C24H21FN2O2. The Morgan fingerprint density at radius 3 is 2.55 bits per heavy atom. The lowest BCUT2D eigenvalue weighted by Crippen LogP contribution is -2.42. The molecule has 2 aromatic carbocycles. The Hall–Kier alpha value is -3.34. The molecule has 29 heavy (non-hydrogen) atoms. The highest BCUT2D eigenvalue weighted by molar-refractivity contribution is 5.99. The molecular weight excluding hydrogens is 367 g/mol. The molecule has 0 saturated carbocycles. The molecule has 5 heteroatoms. The number of carbonyl (C=O) groups excluding carboxylic acids is 2. The predicted octanol–water partition coefficient (Wildman–Crippen LogP) is 4.62. The van der Waals surface area contributed by atoms with Crippen molar-refractivity contribution in [1.29, 1.82) is 0 Å². The van der Waals surface area contributed by atoms with Crippen molar-refractivity contribution in [3.8, 4) is 11.1 Å². The Balaban J connectivity index is 1.50. The summed E-state index contributed by atoms with van der Waals surface area (Å²) in [5.74, 6) is -0.985. The standard InChI is InChI=1S/C24H21FN2O2/c25-22-14-18(10-11-21(22)17-6-2-1-3-7-17)23(28)20-9-5-13-27(16-20)24(29)19-8-4-12-26-15-19/h1-4,6-8,10-12,14-15,20H,5,9,13,16H2/t20-/m1/s1. The van der Waals surface area contributed by atoms with Gasteiger partial charge in [0.05, 0.1) is 5.56 Å². The van der Waals surface area contributed by atoms with Gasteiger partial charge < -0.3 is 4.90 Å². The second-order valence-corrected chi connectivity index (χ2v) is 7.26. The fourth-order valence-electron chi connectivity index (χ4n) is 3.80. The summed E-state index contributed by atoms with van der Waals surface area (Å²) < 4.78 is 14.7. The molecule has 1 saturated heterocycles. The average Bonchev–Trinajstić information content (AvgIpc) is 2.79. The third kappa shape index (κ3) is 4.09. The van der Waals surface area contributed by atoms with Crippen LogP contribution >= 0.6 is 0 Å². The number of hydrogen-bond donors (Lipinski definition) is 0. The third-order valence-electron chi connectivity index (χ3n) is 5.33. The number of hydrogen-bond acceptors (Lipinski definition) is 3. The van der Waals surface area contributed by atoms with Crippen molar-refractivity contribution in [3.05, 3.63) is 90.0 Å². The number of halogens is 1. The zero-order chi connectivity index (χ0) is 20.2. The van der Waals surface area contributed by atoms with Gasteiger partial charge in [0.2, 0.25) is 0 Å². The molecule has 0 bridgehead atoms. The van der Waals surface area contributed by atoms with Gasteiger partial charge in [0.15, 0.2) is 5.78 Å². The Bertz CT molecular complexity index is 1020. The number of benzene rings is 2. The van der Waals surface area contributed by atoms with Crippen LogP contribution in [0.3, 0.4) is 0 Å². The van der Waals surface area contributed by atoms with Crippen molar-refractivity contribution in [2.45, 2.75) is 12.8 Å². The number of Topliss-reactive ketones (excluding diaryl/α,β-unsaturated/α-hetero) is 1. The van der Waals surface area contributed by atoms with E-state index in [-0.39, 0.29) is 17.6 Å². The van der Waals surface area contributed by atoms with E-state index in [1.165, 1.54) is 12.3 Å². The van der Waals surface area contributed by atoms with Gasteiger partial charge in [-0.05, 0) is 36.6 Å². The maximum absolute atomic E-state index is 14.7. The summed E-state index contributed by atoms with van der Waals surface area (Å²) in [6.45, 7) is 0.952. The highest BCUT2D eigenvalue weighted by atomic mass is 19.1. The Labute approximate surface area is 169 Å². The number of piperidine rings is 1. The number of pyridine rings is 1. The molecule has 3 aromatic rings. The van der Waals surface area contributed by atoms with E-state index in [0.29, 0.717) is 36.2 Å². The van der Waals surface area contributed by atoms with Crippen LogP contribution in [0, 0.1) is 11.7 Å². The summed E-state index contributed by atoms with van der Waals surface area (Å²) in [4.78, 5) is 31.3. The second-order valence-electron chi connectivity index (χ2n) is 7.26. The molecule has 1 aromatic heterocycles. The fraction of sp³-hybridized carbons (Fsp3) is 0.208. The largest absolute Gasteiger partial charge is 0.338 e. The molecule has 1 fully saturated rings. The minimum atomic E-state index is -0.416. The molecule has 0 unspecified atom stereocenters. The lowest BCUT2D eigenvalue weighted by Gasteiger charge is -2.32. The minimum Gasteiger partial charge on any atom is -0.338 e. The van der Waals surface area contributed by atoms with Gasteiger partial charge in [-0.2, -0.15) is 0 Å². The maximum Gasteiger partial charge on any atom is 0.255 e. The highest BCUT2D eigenvalue weighted by Crippen LogP contribution is 2.27. The molecule has 4 rings (SSSR count). The fourth-order valence-corrected chi connectivity index (χ4v) is 3.80. The Morgan fingerprint density at radius 2 is 1.83 bits per heavy atom. The van der Waals surface area contributed by atoms with E-state index in [2.05, 4.69) is 4.98 Å². The highest BCUT2D eigenvalue weighted by Gasteiger charge is 2.30. The molecule has 0 N–H and O–H groups in total. The summed E-state index contributed by atoms with van der Waals surface area (Å²) in [7, 11) is 0. The molecule has 4 nitrogen and oxygen atoms in total. The van der Waals surface area contributed by atoms with E-state index in [9.17, 15) is 14.0 Å². The van der Waals surface area contributed by atoms with Crippen LogP contribution in [0.5, 0.6) is 0 Å². The predicted molar refractivity (Wildman–Crippen MR) is 109 cm³/mol. The Morgan fingerprint density at radius 1 is 1.00 bits per heavy atom. The van der Waals surface area contributed by atoms with Crippen LogP contribution in [0.2, 0.25) is 0 Å². The van der Waals surface area contributed by atoms with E-state index in [1.807, 2.05) is 30.3 Å². The minimum absolute atomic E-state index is 0.118. The van der Waals surface area contributed by atoms with Gasteiger partial charge in [-0.1, -0.05) is 42.5 Å². The smallest absolute Gasteiger partial charge is 0.255 e. The number of likely N-dealkylation sites (tertiary alicyclic amines) is 1. The number of rotatable bonds is 4. The van der Waals surface area contributed by atoms with Crippen LogP contribution in [0.4, 0.5) is 4.39 Å². The quantitative estimate of drug-likeness (QED) is 0.613. The third-order valence-corrected chi connectivity index (χ3v) is 5.33. The van der Waals surface area contributed by atoms with Crippen molar-refractivity contribution in [3.63, 3.8) is 0 Å². The van der Waals surface area contributed by atoms with Gasteiger partial charge >= 0.3 is 0 Å². The molecule has 2 heterocycles. The van der Waals surface area contributed by atoms with E-state index in [1.54, 1.807) is 35.4 Å². The molecule has 1 aliphatic rings. The molecule has 0 spiro atoms. The summed E-state index contributed by atoms with van der Waals surface area (Å²) in [5, 5.41) is 0. The van der Waals surface area contributed by atoms with Crippen LogP contribution in [0.15, 0.2) is 73.1 Å². The van der Waals surface area contributed by atoms with Gasteiger partial charge in [-0.3, -0.25) is 14.6 Å². The summed E-state index contributed by atoms with van der Waals surface area (Å²) in [5.41, 5.74) is 2.11. The molecule has 0 radical (unpaired) electrons. The summed E-state index contributed by atoms with van der Waals surface area (Å²) in [6.07, 6.45) is 4.59. The Kier molecular flexibility index (Phi) is 5.47. The van der Waals surface area contributed by atoms with E-state index < -0.39 is 5.82 Å². The zero-order valence-corrected chi connectivity index (χ0v) is 15.9. The van der Waals surface area contributed by atoms with Crippen LogP contribution in [0.25, 0.3) is 11.1 Å². The van der Waals surface area contributed by atoms with Crippen LogP contribution in [-0.2, 0) is 0 Å². The first-order valence-electron chi connectivity index (χ1n) is 9.72. The van der Waals surface area contributed by atoms with Crippen molar-refractivity contribution < 1.29 is 14.0 Å². The van der Waals surface area contributed by atoms with E-state index in [0.717, 1.165) is 12.0 Å². The zero-order valence-electron chi connectivity index (χ0n) is 15.9. The lowest BCUT2D eigenvalue weighted by molar-refractivity contribution is 0.0636. The number of aromatic nitrogens is 1. The normalized spacial score (nSPS) is 16.4. The van der Waals surface area contributed by atoms with Crippen LogP contribution in [-0.4, -0.2) is 34.7 Å². The molecule has 1 aliphatic heterocycles. The molecule has 146 valence electrons. The van der Waals surface area contributed by atoms with Crippen molar-refractivity contribution in [2.24, 2.45) is 5.92 Å². The first-order valence-corrected chi connectivity index (χ1v) is 9.72. The van der Waals surface area contributed by atoms with Crippen molar-refractivity contribution in [1.82, 2.24) is 9.88 Å². The number of carbonyl (C=O) groups is 2. The van der Waals surface area contributed by atoms with Gasteiger partial charge in [0.25, 0.3) is 5.91 Å². The number of nitrogens with zero attached hydrogens (tertiary/aromatic N) is 2. The summed E-state index contributed by atoms with van der Waals surface area (Å²) in [6, 6.07) is 17.3. The topological polar surface area (TPSA) is 50.3 Å². The number of ketones is 1. The SMILES string of the molecule is O=C(c1ccc(-c2ccccc2)c(F)c1)[C@@H]1CCCN(C(=O)c2cccnc2)C1. The van der Waals surface area contributed by atoms with Gasteiger partial charge in [-0.25, -0.2) is 4.39 Å². The van der Waals surface area contributed by atoms with E-state index >= 15 is 0 Å². The average molecular weight is 388 g/mol. The molecule has 0 aliphatic carbocycles. The van der Waals surface area contributed by atoms with Crippen molar-refractivity contribution in [2.75, 3.05) is 13.1 Å². The lowest BCUT2D eigenvalue weighted by atomic mass is 9.89. The van der Waals surface area contributed by atoms with Crippen LogP contribution < -0.4 is 0 Å². The molecule has 1 atom stereocenters. The van der Waals surface area contributed by atoms with Gasteiger partial charge in [-0.15, -0.1) is 0 Å².